The molecule has 2 heterocycles. The molecule has 3 rings (SSSR count). The fourth-order valence-electron chi connectivity index (χ4n) is 2.52. The molecule has 0 amide bonds. The SMILES string of the molecule is CCc1cc2cc(N3CCOCC3)ccc2nc1N. The number of fused-ring (bicyclic) bond motifs is 1. The molecule has 0 aliphatic carbocycles. The van der Waals surface area contributed by atoms with Crippen molar-refractivity contribution in [2.45, 2.75) is 13.3 Å². The van der Waals surface area contributed by atoms with E-state index in [9.17, 15) is 0 Å². The predicted molar refractivity (Wildman–Crippen MR) is 78.6 cm³/mol. The second-order valence-corrected chi connectivity index (χ2v) is 4.86. The Hall–Kier alpha value is -1.81. The van der Waals surface area contributed by atoms with Crippen molar-refractivity contribution in [2.24, 2.45) is 0 Å². The van der Waals surface area contributed by atoms with E-state index in [2.05, 4.69) is 41.1 Å². The zero-order valence-corrected chi connectivity index (χ0v) is 11.2. The van der Waals surface area contributed by atoms with Gasteiger partial charge in [0.2, 0.25) is 0 Å². The van der Waals surface area contributed by atoms with Crippen LogP contribution in [0.4, 0.5) is 11.5 Å². The van der Waals surface area contributed by atoms with Gasteiger partial charge in [-0.05, 0) is 36.2 Å². The van der Waals surface area contributed by atoms with Gasteiger partial charge in [0, 0.05) is 24.2 Å². The van der Waals surface area contributed by atoms with Crippen molar-refractivity contribution < 1.29 is 4.74 Å². The maximum absolute atomic E-state index is 5.94. The second kappa shape index (κ2) is 5.05. The van der Waals surface area contributed by atoms with Crippen LogP contribution in [0.3, 0.4) is 0 Å². The number of hydrogen-bond donors (Lipinski definition) is 1. The number of nitrogens with two attached hydrogens (primary N) is 1. The van der Waals surface area contributed by atoms with Gasteiger partial charge in [0.1, 0.15) is 5.82 Å². The molecule has 0 unspecified atom stereocenters. The molecule has 0 atom stereocenters. The van der Waals surface area contributed by atoms with Crippen LogP contribution in [0.1, 0.15) is 12.5 Å². The highest BCUT2D eigenvalue weighted by Gasteiger charge is 2.12. The molecule has 0 bridgehead atoms. The van der Waals surface area contributed by atoms with Crippen LogP contribution in [0.2, 0.25) is 0 Å². The lowest BCUT2D eigenvalue weighted by molar-refractivity contribution is 0.122. The molecule has 2 aromatic rings. The molecule has 100 valence electrons. The van der Waals surface area contributed by atoms with Gasteiger partial charge in [-0.3, -0.25) is 0 Å². The number of anilines is 2. The Kier molecular flexibility index (Phi) is 3.25. The molecule has 0 saturated carbocycles. The smallest absolute Gasteiger partial charge is 0.127 e. The summed E-state index contributed by atoms with van der Waals surface area (Å²) in [5.41, 5.74) is 9.26. The summed E-state index contributed by atoms with van der Waals surface area (Å²) < 4.78 is 5.39. The molecule has 1 aliphatic rings. The first-order valence-electron chi connectivity index (χ1n) is 6.80. The van der Waals surface area contributed by atoms with Crippen molar-refractivity contribution in [3.8, 4) is 0 Å². The maximum atomic E-state index is 5.94. The molecule has 4 nitrogen and oxygen atoms in total. The number of aryl methyl sites for hydroxylation is 1. The van der Waals surface area contributed by atoms with Crippen LogP contribution in [-0.2, 0) is 11.2 Å². The van der Waals surface area contributed by atoms with E-state index in [1.807, 2.05) is 0 Å². The number of hydrogen-bond acceptors (Lipinski definition) is 4. The molecule has 1 aromatic heterocycles. The zero-order valence-electron chi connectivity index (χ0n) is 11.2. The van der Waals surface area contributed by atoms with E-state index in [-0.39, 0.29) is 0 Å². The van der Waals surface area contributed by atoms with Gasteiger partial charge in [-0.25, -0.2) is 4.98 Å². The van der Waals surface area contributed by atoms with Gasteiger partial charge in [0.15, 0.2) is 0 Å². The summed E-state index contributed by atoms with van der Waals surface area (Å²) >= 11 is 0. The average molecular weight is 257 g/mol. The van der Waals surface area contributed by atoms with Crippen molar-refractivity contribution in [2.75, 3.05) is 36.9 Å². The van der Waals surface area contributed by atoms with E-state index in [4.69, 9.17) is 10.5 Å². The van der Waals surface area contributed by atoms with Crippen molar-refractivity contribution >= 4 is 22.4 Å². The molecule has 1 aromatic carbocycles. The molecular formula is C15H19N3O. The quantitative estimate of drug-likeness (QED) is 0.896. The van der Waals surface area contributed by atoms with Gasteiger partial charge in [-0.2, -0.15) is 0 Å². The summed E-state index contributed by atoms with van der Waals surface area (Å²) in [5, 5.41) is 1.16. The first kappa shape index (κ1) is 12.2. The summed E-state index contributed by atoms with van der Waals surface area (Å²) in [7, 11) is 0. The van der Waals surface area contributed by atoms with Crippen molar-refractivity contribution in [1.82, 2.24) is 4.98 Å². The monoisotopic (exact) mass is 257 g/mol. The topological polar surface area (TPSA) is 51.4 Å². The summed E-state index contributed by atoms with van der Waals surface area (Å²) in [6.07, 6.45) is 0.913. The molecule has 1 fully saturated rings. The Bertz CT molecular complexity index is 591. The third kappa shape index (κ3) is 2.36. The molecule has 0 spiro atoms. The molecule has 2 N–H and O–H groups in total. The third-order valence-corrected chi connectivity index (χ3v) is 3.67. The fourth-order valence-corrected chi connectivity index (χ4v) is 2.52. The number of rotatable bonds is 2. The van der Waals surface area contributed by atoms with Crippen molar-refractivity contribution in [3.63, 3.8) is 0 Å². The Balaban J connectivity index is 2.01. The standard InChI is InChI=1S/C15H19N3O/c1-2-11-9-12-10-13(18-5-7-19-8-6-18)3-4-14(12)17-15(11)16/h3-4,9-10H,2,5-8H2,1H3,(H2,16,17). The highest BCUT2D eigenvalue weighted by atomic mass is 16.5. The number of benzene rings is 1. The van der Waals surface area contributed by atoms with E-state index in [1.54, 1.807) is 0 Å². The number of ether oxygens (including phenoxy) is 1. The molecule has 1 saturated heterocycles. The highest BCUT2D eigenvalue weighted by molar-refractivity contribution is 5.85. The lowest BCUT2D eigenvalue weighted by Crippen LogP contribution is -2.36. The third-order valence-electron chi connectivity index (χ3n) is 3.67. The molecule has 1 aliphatic heterocycles. The van der Waals surface area contributed by atoms with Gasteiger partial charge in [0.05, 0.1) is 18.7 Å². The van der Waals surface area contributed by atoms with E-state index in [0.29, 0.717) is 5.82 Å². The van der Waals surface area contributed by atoms with Gasteiger partial charge in [0.25, 0.3) is 0 Å². The van der Waals surface area contributed by atoms with Crippen LogP contribution in [0.25, 0.3) is 10.9 Å². The summed E-state index contributed by atoms with van der Waals surface area (Å²) in [5.74, 6) is 0.647. The summed E-state index contributed by atoms with van der Waals surface area (Å²) in [4.78, 5) is 6.82. The van der Waals surface area contributed by atoms with Gasteiger partial charge >= 0.3 is 0 Å². The number of nitrogen functional groups attached to an aromatic ring is 1. The van der Waals surface area contributed by atoms with E-state index >= 15 is 0 Å². The predicted octanol–water partition coefficient (Wildman–Crippen LogP) is 2.22. The zero-order chi connectivity index (χ0) is 13.2. The van der Waals surface area contributed by atoms with Gasteiger partial charge in [-0.1, -0.05) is 6.92 Å². The fraction of sp³-hybridized carbons (Fsp3) is 0.400. The minimum absolute atomic E-state index is 0.647. The lowest BCUT2D eigenvalue weighted by Gasteiger charge is -2.29. The van der Waals surface area contributed by atoms with E-state index < -0.39 is 0 Å². The second-order valence-electron chi connectivity index (χ2n) is 4.86. The van der Waals surface area contributed by atoms with Crippen molar-refractivity contribution in [1.29, 1.82) is 0 Å². The van der Waals surface area contributed by atoms with Gasteiger partial charge in [-0.15, -0.1) is 0 Å². The van der Waals surface area contributed by atoms with Crippen LogP contribution in [-0.4, -0.2) is 31.3 Å². The Morgan fingerprint density at radius 1 is 1.26 bits per heavy atom. The first-order valence-corrected chi connectivity index (χ1v) is 6.80. The maximum Gasteiger partial charge on any atom is 0.127 e. The van der Waals surface area contributed by atoms with Gasteiger partial charge < -0.3 is 15.4 Å². The van der Waals surface area contributed by atoms with Crippen molar-refractivity contribution in [3.05, 3.63) is 29.8 Å². The summed E-state index contributed by atoms with van der Waals surface area (Å²) in [6, 6.07) is 8.52. The largest absolute Gasteiger partial charge is 0.383 e. The van der Waals surface area contributed by atoms with Crippen LogP contribution in [0.5, 0.6) is 0 Å². The minimum atomic E-state index is 0.647. The lowest BCUT2D eigenvalue weighted by atomic mass is 10.1. The molecule has 0 radical (unpaired) electrons. The first-order chi connectivity index (χ1) is 9.28. The van der Waals surface area contributed by atoms with Crippen LogP contribution < -0.4 is 10.6 Å². The molecular weight excluding hydrogens is 238 g/mol. The Labute approximate surface area is 113 Å². The molecule has 19 heavy (non-hydrogen) atoms. The summed E-state index contributed by atoms with van der Waals surface area (Å²) in [6.45, 7) is 5.62. The van der Waals surface area contributed by atoms with Crippen LogP contribution in [0.15, 0.2) is 24.3 Å². The van der Waals surface area contributed by atoms with E-state index in [0.717, 1.165) is 49.2 Å². The highest BCUT2D eigenvalue weighted by Crippen LogP contribution is 2.24. The van der Waals surface area contributed by atoms with E-state index in [1.165, 1.54) is 5.69 Å². The Morgan fingerprint density at radius 3 is 2.79 bits per heavy atom. The van der Waals surface area contributed by atoms with Crippen LogP contribution >= 0.6 is 0 Å². The van der Waals surface area contributed by atoms with Crippen LogP contribution in [0, 0.1) is 0 Å². The minimum Gasteiger partial charge on any atom is -0.383 e. The average Bonchev–Trinajstić information content (AvgIpc) is 2.47. The number of morpholine rings is 1. The number of nitrogens with zero attached hydrogens (tertiary/aromatic N) is 2. The number of aromatic nitrogens is 1. The number of pyridine rings is 1. The normalized spacial score (nSPS) is 15.9. The Morgan fingerprint density at radius 2 is 2.05 bits per heavy atom. The molecule has 4 heteroatoms.